The predicted octanol–water partition coefficient (Wildman–Crippen LogP) is 5.63. The normalized spacial score (nSPS) is 23.6. The van der Waals surface area contributed by atoms with Crippen LogP contribution in [0.4, 0.5) is 0 Å². The highest BCUT2D eigenvalue weighted by atomic mass is 35.5. The maximum absolute atomic E-state index is 13.1. The van der Waals surface area contributed by atoms with Crippen molar-refractivity contribution in [2.45, 2.75) is 44.7 Å². The fourth-order valence-corrected chi connectivity index (χ4v) is 4.41. The first-order valence-corrected chi connectivity index (χ1v) is 10.2. The highest BCUT2D eigenvalue weighted by Gasteiger charge is 2.39. The third-order valence-corrected chi connectivity index (χ3v) is 6.31. The maximum atomic E-state index is 13.1. The summed E-state index contributed by atoms with van der Waals surface area (Å²) in [5.41, 5.74) is 1.16. The molecule has 1 amide bonds. The van der Waals surface area contributed by atoms with E-state index in [0.29, 0.717) is 21.5 Å². The van der Waals surface area contributed by atoms with Crippen LogP contribution in [0.1, 0.15) is 55.1 Å². The molecule has 2 aromatic rings. The van der Waals surface area contributed by atoms with Crippen LogP contribution in [-0.4, -0.2) is 18.0 Å². The van der Waals surface area contributed by atoms with Crippen molar-refractivity contribution < 1.29 is 4.79 Å². The maximum Gasteiger partial charge on any atom is 0.254 e. The number of halogens is 2. The van der Waals surface area contributed by atoms with Crippen LogP contribution in [0.2, 0.25) is 10.0 Å². The topological polar surface area (TPSA) is 41.1 Å². The molecule has 1 heterocycles. The Morgan fingerprint density at radius 2 is 1.85 bits per heavy atom. The summed E-state index contributed by atoms with van der Waals surface area (Å²) in [6.07, 6.45) is 3.30. The van der Waals surface area contributed by atoms with Gasteiger partial charge in [-0.1, -0.05) is 72.9 Å². The number of benzene rings is 2. The predicted molar refractivity (Wildman–Crippen MR) is 113 cm³/mol. The zero-order valence-electron chi connectivity index (χ0n) is 15.8. The summed E-state index contributed by atoms with van der Waals surface area (Å²) in [5, 5.41) is 7.63. The lowest BCUT2D eigenvalue weighted by molar-refractivity contribution is 0.0878. The van der Waals surface area contributed by atoms with Gasteiger partial charge in [0.25, 0.3) is 5.91 Å². The van der Waals surface area contributed by atoms with Gasteiger partial charge in [0.2, 0.25) is 0 Å². The minimum Gasteiger partial charge on any atom is -0.343 e. The molecular formula is C22H26Cl2N2O. The van der Waals surface area contributed by atoms with E-state index in [0.717, 1.165) is 24.9 Å². The highest BCUT2D eigenvalue weighted by Crippen LogP contribution is 2.36. The van der Waals surface area contributed by atoms with Crippen molar-refractivity contribution in [3.05, 3.63) is 69.7 Å². The van der Waals surface area contributed by atoms with Gasteiger partial charge in [0.1, 0.15) is 0 Å². The van der Waals surface area contributed by atoms with Crippen LogP contribution >= 0.6 is 23.2 Å². The SMILES string of the molecule is CCC1CCC(C)(C(NC(=O)c2c(Cl)cccc2Cl)c2ccccc2)NC1. The zero-order valence-corrected chi connectivity index (χ0v) is 17.3. The van der Waals surface area contributed by atoms with Crippen LogP contribution in [0.5, 0.6) is 0 Å². The fourth-order valence-electron chi connectivity index (χ4n) is 3.84. The summed E-state index contributed by atoms with van der Waals surface area (Å²) >= 11 is 12.5. The van der Waals surface area contributed by atoms with E-state index >= 15 is 0 Å². The molecular weight excluding hydrogens is 379 g/mol. The van der Waals surface area contributed by atoms with Crippen LogP contribution in [0.15, 0.2) is 48.5 Å². The molecule has 1 aliphatic heterocycles. The van der Waals surface area contributed by atoms with Crippen LogP contribution in [0.3, 0.4) is 0 Å². The second kappa shape index (κ2) is 8.64. The van der Waals surface area contributed by atoms with Crippen molar-refractivity contribution in [2.24, 2.45) is 5.92 Å². The van der Waals surface area contributed by atoms with E-state index < -0.39 is 0 Å². The number of hydrogen-bond acceptors (Lipinski definition) is 2. The van der Waals surface area contributed by atoms with Crippen molar-refractivity contribution in [3.8, 4) is 0 Å². The molecule has 0 spiro atoms. The van der Waals surface area contributed by atoms with Crippen molar-refractivity contribution in [3.63, 3.8) is 0 Å². The van der Waals surface area contributed by atoms with Crippen molar-refractivity contribution >= 4 is 29.1 Å². The number of carbonyl (C=O) groups excluding carboxylic acids is 1. The van der Waals surface area contributed by atoms with Crippen molar-refractivity contribution in [1.29, 1.82) is 0 Å². The van der Waals surface area contributed by atoms with Gasteiger partial charge in [-0.05, 0) is 49.9 Å². The van der Waals surface area contributed by atoms with Gasteiger partial charge < -0.3 is 10.6 Å². The van der Waals surface area contributed by atoms with Crippen LogP contribution in [0, 0.1) is 5.92 Å². The average molecular weight is 405 g/mol. The molecule has 144 valence electrons. The first-order valence-electron chi connectivity index (χ1n) is 9.49. The number of nitrogens with one attached hydrogen (secondary N) is 2. The minimum absolute atomic E-state index is 0.184. The quantitative estimate of drug-likeness (QED) is 0.677. The van der Waals surface area contributed by atoms with Gasteiger partial charge in [0.05, 0.1) is 21.7 Å². The molecule has 2 aromatic carbocycles. The Hall–Kier alpha value is -1.55. The van der Waals surface area contributed by atoms with Gasteiger partial charge >= 0.3 is 0 Å². The van der Waals surface area contributed by atoms with Gasteiger partial charge in [-0.2, -0.15) is 0 Å². The molecule has 3 unspecified atom stereocenters. The number of hydrogen-bond donors (Lipinski definition) is 2. The number of rotatable bonds is 5. The molecule has 27 heavy (non-hydrogen) atoms. The highest BCUT2D eigenvalue weighted by molar-refractivity contribution is 6.39. The van der Waals surface area contributed by atoms with E-state index in [9.17, 15) is 4.79 Å². The Kier molecular flexibility index (Phi) is 6.46. The molecule has 5 heteroatoms. The third-order valence-electron chi connectivity index (χ3n) is 5.68. The standard InChI is InChI=1S/C22H26Cl2N2O/c1-3-15-12-13-22(2,25-14-15)20(16-8-5-4-6-9-16)26-21(27)19-17(23)10-7-11-18(19)24/h4-11,15,20,25H,3,12-14H2,1-2H3,(H,26,27). The van der Waals surface area contributed by atoms with E-state index in [-0.39, 0.29) is 17.5 Å². The monoisotopic (exact) mass is 404 g/mol. The van der Waals surface area contributed by atoms with Gasteiger partial charge in [-0.15, -0.1) is 0 Å². The van der Waals surface area contributed by atoms with Gasteiger partial charge in [0, 0.05) is 5.54 Å². The Morgan fingerprint density at radius 1 is 1.19 bits per heavy atom. The molecule has 1 aliphatic rings. The lowest BCUT2D eigenvalue weighted by Gasteiger charge is -2.44. The smallest absolute Gasteiger partial charge is 0.254 e. The Labute approximate surface area is 171 Å². The number of carbonyl (C=O) groups is 1. The summed E-state index contributed by atoms with van der Waals surface area (Å²) in [6.45, 7) is 5.37. The van der Waals surface area contributed by atoms with Gasteiger partial charge in [-0.3, -0.25) is 4.79 Å². The summed E-state index contributed by atoms with van der Waals surface area (Å²) in [5.74, 6) is 0.434. The molecule has 3 nitrogen and oxygen atoms in total. The summed E-state index contributed by atoms with van der Waals surface area (Å²) in [7, 11) is 0. The molecule has 1 saturated heterocycles. The molecule has 1 fully saturated rings. The third kappa shape index (κ3) is 4.48. The molecule has 0 radical (unpaired) electrons. The van der Waals surface area contributed by atoms with Gasteiger partial charge in [-0.25, -0.2) is 0 Å². The van der Waals surface area contributed by atoms with Gasteiger partial charge in [0.15, 0.2) is 0 Å². The fraction of sp³-hybridized carbons (Fsp3) is 0.409. The number of amides is 1. The van der Waals surface area contributed by atoms with Crippen LogP contribution in [-0.2, 0) is 0 Å². The number of piperidine rings is 1. The summed E-state index contributed by atoms with van der Waals surface area (Å²) < 4.78 is 0. The minimum atomic E-state index is -0.250. The zero-order chi connectivity index (χ0) is 19.4. The lowest BCUT2D eigenvalue weighted by atomic mass is 9.77. The van der Waals surface area contributed by atoms with Crippen LogP contribution in [0.25, 0.3) is 0 Å². The average Bonchev–Trinajstić information content (AvgIpc) is 2.67. The summed E-state index contributed by atoms with van der Waals surface area (Å²) in [6, 6.07) is 15.0. The molecule has 0 aliphatic carbocycles. The van der Waals surface area contributed by atoms with Crippen LogP contribution < -0.4 is 10.6 Å². The van der Waals surface area contributed by atoms with Crippen molar-refractivity contribution in [1.82, 2.24) is 10.6 Å². The Bertz CT molecular complexity index is 766. The van der Waals surface area contributed by atoms with E-state index in [1.807, 2.05) is 18.2 Å². The summed E-state index contributed by atoms with van der Waals surface area (Å²) in [4.78, 5) is 13.1. The van der Waals surface area contributed by atoms with E-state index in [1.54, 1.807) is 18.2 Å². The molecule has 3 rings (SSSR count). The molecule has 0 saturated carbocycles. The molecule has 0 bridgehead atoms. The molecule has 2 N–H and O–H groups in total. The first-order chi connectivity index (χ1) is 12.9. The second-order valence-electron chi connectivity index (χ2n) is 7.53. The van der Waals surface area contributed by atoms with E-state index in [2.05, 4.69) is 36.6 Å². The first kappa shape index (κ1) is 20.2. The molecule has 3 atom stereocenters. The largest absolute Gasteiger partial charge is 0.343 e. The van der Waals surface area contributed by atoms with E-state index in [1.165, 1.54) is 6.42 Å². The van der Waals surface area contributed by atoms with E-state index in [4.69, 9.17) is 23.2 Å². The van der Waals surface area contributed by atoms with Crippen molar-refractivity contribution in [2.75, 3.05) is 6.54 Å². The second-order valence-corrected chi connectivity index (χ2v) is 8.34. The molecule has 0 aromatic heterocycles. The lowest BCUT2D eigenvalue weighted by Crippen LogP contribution is -2.57. The Morgan fingerprint density at radius 3 is 2.41 bits per heavy atom. The Balaban J connectivity index is 1.91.